The second kappa shape index (κ2) is 15.8. The average molecular weight is 632 g/mol. The summed E-state index contributed by atoms with van der Waals surface area (Å²) in [5, 5.41) is 12.2. The Balaban J connectivity index is 1.33. The van der Waals surface area contributed by atoms with Crippen LogP contribution < -0.4 is 24.3 Å². The Kier molecular flexibility index (Phi) is 11.2. The van der Waals surface area contributed by atoms with E-state index in [9.17, 15) is 10.1 Å². The van der Waals surface area contributed by atoms with E-state index in [0.29, 0.717) is 45.1 Å². The molecule has 1 heterocycles. The molecule has 0 fully saturated rings. The normalized spacial score (nSPS) is 11.9. The monoisotopic (exact) mass is 631 g/mol. The van der Waals surface area contributed by atoms with Crippen molar-refractivity contribution in [3.05, 3.63) is 119 Å². The lowest BCUT2D eigenvalue weighted by atomic mass is 9.96. The zero-order chi connectivity index (χ0) is 33.2. The van der Waals surface area contributed by atoms with E-state index in [1.54, 1.807) is 6.07 Å². The van der Waals surface area contributed by atoms with Gasteiger partial charge in [0.1, 0.15) is 37.9 Å². The summed E-state index contributed by atoms with van der Waals surface area (Å²) >= 11 is 0. The minimum Gasteiger partial charge on any atom is -0.488 e. The van der Waals surface area contributed by atoms with Gasteiger partial charge >= 0.3 is 0 Å². The highest BCUT2D eigenvalue weighted by Crippen LogP contribution is 2.37. The number of hydrogen-bond donors (Lipinski definition) is 1. The van der Waals surface area contributed by atoms with Crippen molar-refractivity contribution < 1.29 is 23.7 Å². The molecule has 8 heteroatoms. The van der Waals surface area contributed by atoms with Crippen molar-refractivity contribution in [2.75, 3.05) is 33.4 Å². The van der Waals surface area contributed by atoms with Gasteiger partial charge in [-0.3, -0.25) is 4.79 Å². The molecule has 0 unspecified atom stereocenters. The van der Waals surface area contributed by atoms with Crippen molar-refractivity contribution in [2.24, 2.45) is 0 Å². The van der Waals surface area contributed by atoms with Gasteiger partial charge in [0.15, 0.2) is 11.5 Å². The Bertz CT molecular complexity index is 1780. The second-order valence-corrected chi connectivity index (χ2v) is 11.6. The number of fused-ring (bicyclic) bond motifs is 1. The van der Waals surface area contributed by atoms with Gasteiger partial charge in [-0.1, -0.05) is 43.0 Å². The Hall–Kier alpha value is -5.26. The molecule has 5 rings (SSSR count). The molecule has 8 nitrogen and oxygen atoms in total. The van der Waals surface area contributed by atoms with E-state index in [4.69, 9.17) is 18.9 Å². The summed E-state index contributed by atoms with van der Waals surface area (Å²) in [4.78, 5) is 13.7. The van der Waals surface area contributed by atoms with Crippen LogP contribution in [0.4, 0.5) is 0 Å². The number of amides is 1. The van der Waals surface area contributed by atoms with Gasteiger partial charge in [-0.15, -0.1) is 0 Å². The summed E-state index contributed by atoms with van der Waals surface area (Å²) in [5.41, 5.74) is 7.95. The fourth-order valence-electron chi connectivity index (χ4n) is 5.56. The third-order valence-corrected chi connectivity index (χ3v) is 8.13. The zero-order valence-electron chi connectivity index (χ0n) is 27.3. The van der Waals surface area contributed by atoms with Crippen molar-refractivity contribution in [2.45, 2.75) is 40.0 Å². The third kappa shape index (κ3) is 8.72. The van der Waals surface area contributed by atoms with Crippen molar-refractivity contribution in [3.63, 3.8) is 0 Å². The fourth-order valence-corrected chi connectivity index (χ4v) is 5.56. The summed E-state index contributed by atoms with van der Waals surface area (Å²) in [7, 11) is 2.05. The van der Waals surface area contributed by atoms with Crippen LogP contribution in [0.5, 0.6) is 23.0 Å². The first-order valence-corrected chi connectivity index (χ1v) is 15.8. The molecule has 0 bridgehead atoms. The van der Waals surface area contributed by atoms with Gasteiger partial charge in [0.25, 0.3) is 0 Å². The predicted molar refractivity (Wildman–Crippen MR) is 183 cm³/mol. The molecule has 0 atom stereocenters. The van der Waals surface area contributed by atoms with Crippen LogP contribution in [0.2, 0.25) is 0 Å². The number of carbonyl (C=O) groups is 1. The molecule has 4 aromatic rings. The Morgan fingerprint density at radius 2 is 1.74 bits per heavy atom. The minimum absolute atomic E-state index is 0.166. The maximum atomic E-state index is 11.5. The predicted octanol–water partition coefficient (Wildman–Crippen LogP) is 6.90. The molecule has 1 aliphatic rings. The fraction of sp³-hybridized carbons (Fsp3) is 0.282. The second-order valence-electron chi connectivity index (χ2n) is 11.6. The van der Waals surface area contributed by atoms with Crippen LogP contribution in [0.1, 0.15) is 39.8 Å². The van der Waals surface area contributed by atoms with E-state index in [1.165, 1.54) is 6.08 Å². The molecule has 0 radical (unpaired) electrons. The molecule has 1 aliphatic heterocycles. The lowest BCUT2D eigenvalue weighted by Crippen LogP contribution is -2.27. The molecule has 0 saturated heterocycles. The number of carbonyl (C=O) groups excluding carboxylic acids is 1. The number of nitriles is 1. The average Bonchev–Trinajstić information content (AvgIpc) is 3.09. The number of aryl methyl sites for hydroxylation is 1. The van der Waals surface area contributed by atoms with Gasteiger partial charge in [0.05, 0.1) is 11.6 Å². The van der Waals surface area contributed by atoms with Crippen LogP contribution in [0.25, 0.3) is 11.1 Å². The Morgan fingerprint density at radius 1 is 0.957 bits per heavy atom. The smallest absolute Gasteiger partial charge is 0.243 e. The molecule has 4 aromatic carbocycles. The van der Waals surface area contributed by atoms with E-state index in [-0.39, 0.29) is 5.91 Å². The number of ether oxygens (including phenoxy) is 4. The van der Waals surface area contributed by atoms with E-state index >= 15 is 0 Å². The molecule has 1 amide bonds. The molecule has 1 N–H and O–H groups in total. The first-order chi connectivity index (χ1) is 22.8. The van der Waals surface area contributed by atoms with Crippen molar-refractivity contribution in [3.8, 4) is 40.2 Å². The standard InChI is InChI=1S/C39H41N3O5/c1-5-39(43)41-15-8-16-42(4)24-33-19-27(2)36(22-37(33)46-25-30-10-6-9-29(20-30)23-40)47-26-32-11-7-12-34(28(32)3)31-13-14-35-38(21-31)45-18-17-44-35/h5-7,9-14,19-22H,1,8,15-18,24-26H2,2-4H3,(H,41,43). The lowest BCUT2D eigenvalue weighted by Gasteiger charge is -2.22. The van der Waals surface area contributed by atoms with Crippen molar-refractivity contribution in [1.82, 2.24) is 10.2 Å². The van der Waals surface area contributed by atoms with Crippen molar-refractivity contribution >= 4 is 5.91 Å². The van der Waals surface area contributed by atoms with Crippen molar-refractivity contribution in [1.29, 1.82) is 5.26 Å². The maximum Gasteiger partial charge on any atom is 0.243 e. The summed E-state index contributed by atoms with van der Waals surface area (Å²) in [6.45, 7) is 11.5. The lowest BCUT2D eigenvalue weighted by molar-refractivity contribution is -0.116. The first-order valence-electron chi connectivity index (χ1n) is 15.8. The Morgan fingerprint density at radius 3 is 2.55 bits per heavy atom. The number of hydrogen-bond acceptors (Lipinski definition) is 7. The Labute approximate surface area is 277 Å². The van der Waals surface area contributed by atoms with Crippen LogP contribution in [0.15, 0.2) is 85.5 Å². The van der Waals surface area contributed by atoms with Gasteiger partial charge in [-0.25, -0.2) is 0 Å². The van der Waals surface area contributed by atoms with Gasteiger partial charge < -0.3 is 29.2 Å². The minimum atomic E-state index is -0.166. The highest BCUT2D eigenvalue weighted by Gasteiger charge is 2.16. The van der Waals surface area contributed by atoms with Gasteiger partial charge in [-0.05, 0) is 104 Å². The molecule has 0 aliphatic carbocycles. The van der Waals surface area contributed by atoms with Crippen LogP contribution >= 0.6 is 0 Å². The summed E-state index contributed by atoms with van der Waals surface area (Å²) in [6, 6.07) is 26.0. The molecule has 47 heavy (non-hydrogen) atoms. The molecule has 0 saturated carbocycles. The zero-order valence-corrected chi connectivity index (χ0v) is 27.3. The van der Waals surface area contributed by atoms with Gasteiger partial charge in [0, 0.05) is 24.7 Å². The van der Waals surface area contributed by atoms with Gasteiger partial charge in [-0.2, -0.15) is 5.26 Å². The van der Waals surface area contributed by atoms with Crippen LogP contribution in [-0.2, 0) is 24.6 Å². The topological polar surface area (TPSA) is 93.1 Å². The summed E-state index contributed by atoms with van der Waals surface area (Å²) < 4.78 is 24.4. The van der Waals surface area contributed by atoms with Gasteiger partial charge in [0.2, 0.25) is 5.91 Å². The maximum absolute atomic E-state index is 11.5. The summed E-state index contributed by atoms with van der Waals surface area (Å²) in [6.07, 6.45) is 2.09. The van der Waals surface area contributed by atoms with Crippen LogP contribution in [0.3, 0.4) is 0 Å². The van der Waals surface area contributed by atoms with E-state index in [0.717, 1.165) is 74.9 Å². The number of nitrogens with one attached hydrogen (secondary N) is 1. The first kappa shape index (κ1) is 33.1. The van der Waals surface area contributed by atoms with Crippen LogP contribution in [0, 0.1) is 25.2 Å². The largest absolute Gasteiger partial charge is 0.488 e. The quantitative estimate of drug-likeness (QED) is 0.120. The molecular weight excluding hydrogens is 590 g/mol. The van der Waals surface area contributed by atoms with E-state index < -0.39 is 0 Å². The molecule has 0 aromatic heterocycles. The number of rotatable bonds is 14. The highest BCUT2D eigenvalue weighted by atomic mass is 16.6. The molecule has 0 spiro atoms. The molecule has 242 valence electrons. The van der Waals surface area contributed by atoms with E-state index in [2.05, 4.69) is 60.1 Å². The summed E-state index contributed by atoms with van der Waals surface area (Å²) in [5.74, 6) is 2.84. The van der Waals surface area contributed by atoms with Crippen LogP contribution in [-0.4, -0.2) is 44.2 Å². The third-order valence-electron chi connectivity index (χ3n) is 8.13. The highest BCUT2D eigenvalue weighted by molar-refractivity contribution is 5.86. The molecular formula is C39H41N3O5. The number of benzene rings is 4. The SMILES string of the molecule is C=CC(=O)NCCCN(C)Cc1cc(C)c(OCc2cccc(-c3ccc4c(c3)OCCO4)c2C)cc1OCc1cccc(C#N)c1. The number of nitrogens with zero attached hydrogens (tertiary/aromatic N) is 2. The van der Waals surface area contributed by atoms with E-state index in [1.807, 2.05) is 50.4 Å².